The number of rotatable bonds is 6. The number of hydrogen-bond donors (Lipinski definition) is 1. The van der Waals surface area contributed by atoms with Crippen molar-refractivity contribution in [3.8, 4) is 0 Å². The highest BCUT2D eigenvalue weighted by Gasteiger charge is 2.15. The van der Waals surface area contributed by atoms with Crippen LogP contribution in [0.15, 0.2) is 18.2 Å². The number of carbonyl (C=O) groups excluding carboxylic acids is 1. The van der Waals surface area contributed by atoms with E-state index < -0.39 is 12.1 Å². The predicted octanol–water partition coefficient (Wildman–Crippen LogP) is 3.60. The molecule has 0 aromatic heterocycles. The molecule has 19 heavy (non-hydrogen) atoms. The molecule has 1 N–H and O–H groups in total. The molecule has 0 aliphatic rings. The molecule has 5 heteroatoms. The van der Waals surface area contributed by atoms with Gasteiger partial charge in [-0.25, -0.2) is 9.18 Å². The fraction of sp³-hybridized carbons (Fsp3) is 0.429. The lowest BCUT2D eigenvalue weighted by molar-refractivity contribution is 0.0502. The van der Waals surface area contributed by atoms with Crippen LogP contribution in [0.1, 0.15) is 27.9 Å². The second-order valence-corrected chi connectivity index (χ2v) is 5.79. The molecule has 104 valence electrons. The molecule has 0 amide bonds. The van der Waals surface area contributed by atoms with E-state index in [2.05, 4.69) is 15.9 Å². The summed E-state index contributed by atoms with van der Waals surface area (Å²) in [4.78, 5) is 11.5. The first-order chi connectivity index (χ1) is 8.92. The summed E-state index contributed by atoms with van der Waals surface area (Å²) in [5.41, 5.74) is 2.49. The molecule has 3 nitrogen and oxygen atoms in total. The molecule has 1 aromatic rings. The number of alkyl halides is 2. The topological polar surface area (TPSA) is 50.2 Å². The summed E-state index contributed by atoms with van der Waals surface area (Å²) in [5.74, 6) is -0.415. The van der Waals surface area contributed by atoms with Crippen LogP contribution < -0.4 is 0 Å². The van der Waals surface area contributed by atoms with E-state index in [9.17, 15) is 9.18 Å². The summed E-state index contributed by atoms with van der Waals surface area (Å²) in [6.45, 7) is 3.91. The molecule has 0 fully saturated rings. The van der Waals surface area contributed by atoms with Crippen molar-refractivity contribution in [1.82, 2.24) is 0 Å². The first-order valence-electron chi connectivity index (χ1n) is 5.96. The average Bonchev–Trinajstić information content (AvgIpc) is 2.34. The third-order valence-corrected chi connectivity index (χ3v) is 3.15. The minimum atomic E-state index is -1.32. The number of carbonyl (C=O) groups is 1. The van der Waals surface area contributed by atoms with Crippen LogP contribution in [0, 0.1) is 19.3 Å². The Labute approximate surface area is 120 Å². The maximum absolute atomic E-state index is 12.9. The lowest BCUT2D eigenvalue weighted by Crippen LogP contribution is -2.18. The molecule has 1 rings (SSSR count). The van der Waals surface area contributed by atoms with Crippen molar-refractivity contribution in [3.63, 3.8) is 0 Å². The number of hydrogen-bond acceptors (Lipinski definition) is 3. The average molecular weight is 330 g/mol. The highest BCUT2D eigenvalue weighted by molar-refractivity contribution is 9.09. The van der Waals surface area contributed by atoms with E-state index in [1.54, 1.807) is 12.1 Å². The third-order valence-electron chi connectivity index (χ3n) is 2.51. The van der Waals surface area contributed by atoms with Gasteiger partial charge in [-0.2, -0.15) is 0 Å². The van der Waals surface area contributed by atoms with Gasteiger partial charge in [0.25, 0.3) is 0 Å². The van der Waals surface area contributed by atoms with Gasteiger partial charge in [0.15, 0.2) is 0 Å². The molecule has 0 heterocycles. The number of aryl methyl sites for hydroxylation is 2. The fourth-order valence-corrected chi connectivity index (χ4v) is 2.21. The van der Waals surface area contributed by atoms with Gasteiger partial charge in [0.05, 0.1) is 10.4 Å². The second kappa shape index (κ2) is 7.38. The van der Waals surface area contributed by atoms with Gasteiger partial charge in [0.2, 0.25) is 0 Å². The Morgan fingerprint density at radius 2 is 2.00 bits per heavy atom. The Kier molecular flexibility index (Phi) is 6.15. The molecule has 1 aromatic carbocycles. The van der Waals surface area contributed by atoms with Gasteiger partial charge < -0.3 is 10.1 Å². The van der Waals surface area contributed by atoms with E-state index in [0.717, 1.165) is 17.3 Å². The van der Waals surface area contributed by atoms with E-state index >= 15 is 0 Å². The Bertz CT molecular complexity index is 445. The van der Waals surface area contributed by atoms with E-state index in [4.69, 9.17) is 10.1 Å². The van der Waals surface area contributed by atoms with Crippen molar-refractivity contribution < 1.29 is 13.9 Å². The minimum Gasteiger partial charge on any atom is -0.461 e. The van der Waals surface area contributed by atoms with Gasteiger partial charge >= 0.3 is 5.97 Å². The van der Waals surface area contributed by atoms with E-state index in [1.807, 2.05) is 19.9 Å². The zero-order valence-electron chi connectivity index (χ0n) is 11.0. The van der Waals surface area contributed by atoms with Crippen LogP contribution in [0.25, 0.3) is 0 Å². The number of ether oxygens (including phenoxy) is 1. The molecule has 0 aliphatic heterocycles. The normalized spacial score (nSPS) is 13.7. The second-order valence-electron chi connectivity index (χ2n) is 4.49. The molecule has 0 unspecified atom stereocenters. The van der Waals surface area contributed by atoms with Crippen LogP contribution in [0.3, 0.4) is 0 Å². The molecule has 0 bridgehead atoms. The van der Waals surface area contributed by atoms with Crippen molar-refractivity contribution in [2.75, 3.05) is 6.61 Å². The fourth-order valence-electron chi connectivity index (χ4n) is 1.72. The Hall–Kier alpha value is -1.23. The zero-order valence-corrected chi connectivity index (χ0v) is 12.5. The standard InChI is InChI=1S/C14H17BrFNO2/c1-9-3-10(2)5-11(4-9)14(18)19-8-12(15)6-13(16)7-17/h3-5,7,12-13,17H,6,8H2,1-2H3/t12-,13+/m1/s1. The minimum absolute atomic E-state index is 0.0834. The van der Waals surface area contributed by atoms with Crippen molar-refractivity contribution in [1.29, 1.82) is 5.41 Å². The molecular weight excluding hydrogens is 313 g/mol. The van der Waals surface area contributed by atoms with Crippen molar-refractivity contribution in [2.45, 2.75) is 31.3 Å². The molecule has 0 saturated carbocycles. The summed E-state index contributed by atoms with van der Waals surface area (Å²) < 4.78 is 18.0. The highest BCUT2D eigenvalue weighted by Crippen LogP contribution is 2.13. The lowest BCUT2D eigenvalue weighted by Gasteiger charge is -2.11. The summed E-state index contributed by atoms with van der Waals surface area (Å²) in [5, 5.41) is 6.77. The lowest BCUT2D eigenvalue weighted by atomic mass is 10.1. The molecule has 2 atom stereocenters. The van der Waals surface area contributed by atoms with Crippen molar-refractivity contribution in [2.24, 2.45) is 0 Å². The first kappa shape index (κ1) is 15.8. The van der Waals surface area contributed by atoms with Crippen molar-refractivity contribution >= 4 is 28.1 Å². The quantitative estimate of drug-likeness (QED) is 0.492. The zero-order chi connectivity index (χ0) is 14.4. The monoisotopic (exact) mass is 329 g/mol. The van der Waals surface area contributed by atoms with Gasteiger partial charge in [-0.05, 0) is 32.4 Å². The van der Waals surface area contributed by atoms with Gasteiger partial charge in [-0.15, -0.1) is 0 Å². The summed E-state index contributed by atoms with van der Waals surface area (Å²) >= 11 is 3.23. The van der Waals surface area contributed by atoms with Gasteiger partial charge in [0.1, 0.15) is 12.8 Å². The molecular formula is C14H17BrFNO2. The SMILES string of the molecule is Cc1cc(C)cc(C(=O)OC[C@H](Br)C[C@H](F)C=N)c1. The van der Waals surface area contributed by atoms with Crippen LogP contribution in [-0.4, -0.2) is 29.8 Å². The summed E-state index contributed by atoms with van der Waals surface area (Å²) in [7, 11) is 0. The highest BCUT2D eigenvalue weighted by atomic mass is 79.9. The number of halogens is 2. The van der Waals surface area contributed by atoms with Gasteiger partial charge in [-0.1, -0.05) is 33.1 Å². The maximum atomic E-state index is 12.9. The van der Waals surface area contributed by atoms with Crippen LogP contribution in [-0.2, 0) is 4.74 Å². The van der Waals surface area contributed by atoms with E-state index in [1.165, 1.54) is 0 Å². The smallest absolute Gasteiger partial charge is 0.338 e. The van der Waals surface area contributed by atoms with Crippen molar-refractivity contribution in [3.05, 3.63) is 34.9 Å². The maximum Gasteiger partial charge on any atom is 0.338 e. The van der Waals surface area contributed by atoms with Crippen LogP contribution in [0.5, 0.6) is 0 Å². The largest absolute Gasteiger partial charge is 0.461 e. The Morgan fingerprint density at radius 1 is 1.42 bits per heavy atom. The van der Waals surface area contributed by atoms with E-state index in [-0.39, 0.29) is 17.9 Å². The Morgan fingerprint density at radius 3 is 2.53 bits per heavy atom. The number of benzene rings is 1. The van der Waals surface area contributed by atoms with Gasteiger partial charge in [0, 0.05) is 6.21 Å². The molecule has 0 aliphatic carbocycles. The van der Waals surface area contributed by atoms with Gasteiger partial charge in [-0.3, -0.25) is 0 Å². The summed E-state index contributed by atoms with van der Waals surface area (Å²) in [6, 6.07) is 5.49. The first-order valence-corrected chi connectivity index (χ1v) is 6.88. The summed E-state index contributed by atoms with van der Waals surface area (Å²) in [6.07, 6.45) is -0.465. The Balaban J connectivity index is 2.53. The van der Waals surface area contributed by atoms with Crippen LogP contribution in [0.2, 0.25) is 0 Å². The molecule has 0 saturated heterocycles. The molecule has 0 radical (unpaired) electrons. The third kappa shape index (κ3) is 5.51. The van der Waals surface area contributed by atoms with Crippen LogP contribution >= 0.6 is 15.9 Å². The predicted molar refractivity (Wildman–Crippen MR) is 77.2 cm³/mol. The van der Waals surface area contributed by atoms with Crippen LogP contribution in [0.4, 0.5) is 4.39 Å². The van der Waals surface area contributed by atoms with E-state index in [0.29, 0.717) is 5.56 Å². The molecule has 0 spiro atoms. The number of esters is 1. The number of nitrogens with one attached hydrogen (secondary N) is 1.